The molecule has 8 heteroatoms. The van der Waals surface area contributed by atoms with Crippen molar-refractivity contribution in [2.24, 2.45) is 0 Å². The van der Waals surface area contributed by atoms with E-state index >= 15 is 0 Å². The van der Waals surface area contributed by atoms with Gasteiger partial charge in [0.05, 0.1) is 36.7 Å². The zero-order valence-corrected chi connectivity index (χ0v) is 20.5. The van der Waals surface area contributed by atoms with Crippen molar-refractivity contribution in [3.05, 3.63) is 54.4 Å². The summed E-state index contributed by atoms with van der Waals surface area (Å²) in [5, 5.41) is 3.37. The van der Waals surface area contributed by atoms with Crippen LogP contribution in [-0.4, -0.2) is 65.5 Å². The third-order valence-electron chi connectivity index (χ3n) is 7.11. The van der Waals surface area contributed by atoms with Crippen molar-refractivity contribution < 1.29 is 9.47 Å². The highest BCUT2D eigenvalue weighted by Gasteiger charge is 2.39. The van der Waals surface area contributed by atoms with E-state index in [-0.39, 0.29) is 12.2 Å². The first-order valence-corrected chi connectivity index (χ1v) is 12.5. The van der Waals surface area contributed by atoms with Gasteiger partial charge in [-0.15, -0.1) is 0 Å². The number of aromatic nitrogens is 3. The molecular formula is C27H32N6O2. The van der Waals surface area contributed by atoms with E-state index in [2.05, 4.69) is 71.2 Å². The van der Waals surface area contributed by atoms with Crippen molar-refractivity contribution in [2.75, 3.05) is 41.4 Å². The van der Waals surface area contributed by atoms with E-state index in [0.29, 0.717) is 18.1 Å². The van der Waals surface area contributed by atoms with E-state index in [9.17, 15) is 0 Å². The summed E-state index contributed by atoms with van der Waals surface area (Å²) >= 11 is 0. The first-order chi connectivity index (χ1) is 17.0. The van der Waals surface area contributed by atoms with Gasteiger partial charge < -0.3 is 24.6 Å². The number of hydrogen-bond donors (Lipinski definition) is 1. The molecule has 0 unspecified atom stereocenters. The van der Waals surface area contributed by atoms with Gasteiger partial charge in [0.2, 0.25) is 5.95 Å². The minimum atomic E-state index is 0.202. The summed E-state index contributed by atoms with van der Waals surface area (Å²) < 4.78 is 11.6. The first kappa shape index (κ1) is 22.2. The number of ether oxygens (including phenoxy) is 2. The quantitative estimate of drug-likeness (QED) is 0.593. The van der Waals surface area contributed by atoms with Crippen LogP contribution in [-0.2, 0) is 9.47 Å². The summed E-state index contributed by atoms with van der Waals surface area (Å²) in [7, 11) is 0. The molecule has 0 radical (unpaired) electrons. The molecule has 3 saturated heterocycles. The Labute approximate surface area is 206 Å². The minimum absolute atomic E-state index is 0.202. The standard InChI is InChI=1S/C27H32N6O2/c1-17-10-21(5-6-25(17)33-15-23-11-22(33)16-34-23)30-27-28-9-8-24(31-27)20-4-7-26(29-12-20)32-13-18(2)35-19(3)14-32/h4-10,12,18-19,22-23H,11,13-16H2,1-3H3,(H,28,30,31)/t18-,19+,22-,23-/m0/s1. The predicted octanol–water partition coefficient (Wildman–Crippen LogP) is 4.18. The third-order valence-corrected chi connectivity index (χ3v) is 7.11. The van der Waals surface area contributed by atoms with Crippen molar-refractivity contribution in [2.45, 2.75) is 51.5 Å². The van der Waals surface area contributed by atoms with Crippen LogP contribution in [0.1, 0.15) is 25.8 Å². The molecule has 3 aromatic rings. The molecule has 3 aliphatic rings. The van der Waals surface area contributed by atoms with E-state index in [1.165, 1.54) is 11.3 Å². The van der Waals surface area contributed by atoms with Crippen LogP contribution in [0, 0.1) is 6.92 Å². The average molecular weight is 473 g/mol. The van der Waals surface area contributed by atoms with Gasteiger partial charge in [-0.2, -0.15) is 0 Å². The highest BCUT2D eigenvalue weighted by atomic mass is 16.5. The monoisotopic (exact) mass is 472 g/mol. The maximum atomic E-state index is 5.84. The zero-order valence-electron chi connectivity index (χ0n) is 20.5. The Morgan fingerprint density at radius 2 is 1.86 bits per heavy atom. The van der Waals surface area contributed by atoms with Gasteiger partial charge in [-0.25, -0.2) is 15.0 Å². The SMILES string of the molecule is Cc1cc(Nc2nccc(-c3ccc(N4C[C@@H](C)O[C@@H](C)C4)nc3)n2)ccc1N1C[C@@H]2C[C@H]1CO2. The van der Waals surface area contributed by atoms with Gasteiger partial charge in [0.15, 0.2) is 0 Å². The number of anilines is 4. The smallest absolute Gasteiger partial charge is 0.227 e. The molecule has 5 heterocycles. The number of hydrogen-bond acceptors (Lipinski definition) is 8. The van der Waals surface area contributed by atoms with E-state index in [1.54, 1.807) is 6.20 Å². The van der Waals surface area contributed by atoms with Crippen molar-refractivity contribution in [3.63, 3.8) is 0 Å². The fraction of sp³-hybridized carbons (Fsp3) is 0.444. The van der Waals surface area contributed by atoms with E-state index in [4.69, 9.17) is 19.4 Å². The molecule has 2 bridgehead atoms. The molecular weight excluding hydrogens is 440 g/mol. The summed E-state index contributed by atoms with van der Waals surface area (Å²) in [4.78, 5) is 18.7. The lowest BCUT2D eigenvalue weighted by molar-refractivity contribution is -0.00545. The van der Waals surface area contributed by atoms with E-state index in [1.807, 2.05) is 12.3 Å². The summed E-state index contributed by atoms with van der Waals surface area (Å²) in [5.41, 5.74) is 5.31. The number of nitrogens with zero attached hydrogens (tertiary/aromatic N) is 5. The normalized spacial score (nSPS) is 25.8. The molecule has 0 aliphatic carbocycles. The maximum absolute atomic E-state index is 5.84. The fourth-order valence-electron chi connectivity index (χ4n) is 5.55. The van der Waals surface area contributed by atoms with Crippen molar-refractivity contribution in [1.82, 2.24) is 15.0 Å². The van der Waals surface area contributed by atoms with E-state index in [0.717, 1.165) is 55.4 Å². The highest BCUT2D eigenvalue weighted by Crippen LogP contribution is 2.35. The predicted molar refractivity (Wildman–Crippen MR) is 137 cm³/mol. The van der Waals surface area contributed by atoms with Crippen molar-refractivity contribution in [1.29, 1.82) is 0 Å². The zero-order chi connectivity index (χ0) is 23.9. The lowest BCUT2D eigenvalue weighted by Gasteiger charge is -2.36. The number of morpholine rings is 2. The van der Waals surface area contributed by atoms with Gasteiger partial charge in [0.1, 0.15) is 5.82 Å². The Balaban J connectivity index is 1.16. The second kappa shape index (κ2) is 9.09. The second-order valence-electron chi connectivity index (χ2n) is 9.96. The summed E-state index contributed by atoms with van der Waals surface area (Å²) in [6.45, 7) is 9.89. The fourth-order valence-corrected chi connectivity index (χ4v) is 5.55. The van der Waals surface area contributed by atoms with Gasteiger partial charge in [0, 0.05) is 49.0 Å². The molecule has 1 N–H and O–H groups in total. The Morgan fingerprint density at radius 3 is 2.54 bits per heavy atom. The van der Waals surface area contributed by atoms with Crippen LogP contribution >= 0.6 is 0 Å². The Hall–Kier alpha value is -3.23. The number of benzene rings is 1. The van der Waals surface area contributed by atoms with Crippen LogP contribution in [0.15, 0.2) is 48.8 Å². The highest BCUT2D eigenvalue weighted by molar-refractivity contribution is 5.66. The third kappa shape index (κ3) is 4.56. The molecule has 4 atom stereocenters. The topological polar surface area (TPSA) is 75.6 Å². The van der Waals surface area contributed by atoms with Crippen molar-refractivity contribution >= 4 is 23.1 Å². The van der Waals surface area contributed by atoms with Gasteiger partial charge in [-0.3, -0.25) is 0 Å². The summed E-state index contributed by atoms with van der Waals surface area (Å²) in [6, 6.07) is 13.0. The summed E-state index contributed by atoms with van der Waals surface area (Å²) in [5.74, 6) is 1.54. The van der Waals surface area contributed by atoms with Gasteiger partial charge in [0.25, 0.3) is 0 Å². The van der Waals surface area contributed by atoms with Gasteiger partial charge in [-0.1, -0.05) is 0 Å². The Morgan fingerprint density at radius 1 is 1.00 bits per heavy atom. The number of aryl methyl sites for hydroxylation is 1. The largest absolute Gasteiger partial charge is 0.374 e. The molecule has 0 saturated carbocycles. The number of fused-ring (bicyclic) bond motifs is 2. The lowest BCUT2D eigenvalue weighted by atomic mass is 10.1. The Kier molecular flexibility index (Phi) is 5.78. The number of nitrogens with one attached hydrogen (secondary N) is 1. The molecule has 0 amide bonds. The average Bonchev–Trinajstić information content (AvgIpc) is 3.48. The van der Waals surface area contributed by atoms with Crippen LogP contribution in [0.2, 0.25) is 0 Å². The van der Waals surface area contributed by atoms with Crippen LogP contribution in [0.4, 0.5) is 23.1 Å². The molecule has 182 valence electrons. The van der Waals surface area contributed by atoms with Crippen molar-refractivity contribution in [3.8, 4) is 11.3 Å². The molecule has 0 spiro atoms. The minimum Gasteiger partial charge on any atom is -0.374 e. The van der Waals surface area contributed by atoms with Crippen LogP contribution < -0.4 is 15.1 Å². The molecule has 6 rings (SSSR count). The molecule has 1 aromatic carbocycles. The van der Waals surface area contributed by atoms with Crippen LogP contribution in [0.5, 0.6) is 0 Å². The molecule has 2 aromatic heterocycles. The summed E-state index contributed by atoms with van der Waals surface area (Å²) in [6.07, 6.45) is 5.60. The lowest BCUT2D eigenvalue weighted by Crippen LogP contribution is -2.45. The first-order valence-electron chi connectivity index (χ1n) is 12.5. The molecule has 35 heavy (non-hydrogen) atoms. The van der Waals surface area contributed by atoms with Gasteiger partial charge in [-0.05, 0) is 69.2 Å². The molecule has 3 aliphatic heterocycles. The number of rotatable bonds is 5. The Bertz CT molecular complexity index is 1190. The van der Waals surface area contributed by atoms with Gasteiger partial charge >= 0.3 is 0 Å². The molecule has 3 fully saturated rings. The number of pyridine rings is 1. The van der Waals surface area contributed by atoms with Crippen LogP contribution in [0.3, 0.4) is 0 Å². The molecule has 8 nitrogen and oxygen atoms in total. The van der Waals surface area contributed by atoms with Crippen LogP contribution in [0.25, 0.3) is 11.3 Å². The van der Waals surface area contributed by atoms with E-state index < -0.39 is 0 Å². The second-order valence-corrected chi connectivity index (χ2v) is 9.96. The maximum Gasteiger partial charge on any atom is 0.227 e.